The van der Waals surface area contributed by atoms with Gasteiger partial charge in [0.1, 0.15) is 5.82 Å². The Morgan fingerprint density at radius 2 is 2.00 bits per heavy atom. The molecule has 4 heteroatoms. The molecule has 3 N–H and O–H groups in total. The van der Waals surface area contributed by atoms with Crippen molar-refractivity contribution in [3.8, 4) is 0 Å². The van der Waals surface area contributed by atoms with Gasteiger partial charge >= 0.3 is 0 Å². The molecule has 0 fully saturated rings. The number of hydrogen-bond acceptors (Lipinski definition) is 3. The van der Waals surface area contributed by atoms with E-state index in [4.69, 9.17) is 5.73 Å². The molecule has 0 saturated carbocycles. The van der Waals surface area contributed by atoms with Gasteiger partial charge in [-0.15, -0.1) is 0 Å². The second-order valence-corrected chi connectivity index (χ2v) is 5.83. The molecule has 20 heavy (non-hydrogen) atoms. The Kier molecular flexibility index (Phi) is 4.78. The molecule has 2 rings (SSSR count). The Balaban J connectivity index is 2.56. The number of nitrogens with one attached hydrogen (secondary N) is 1. The van der Waals surface area contributed by atoms with Crippen LogP contribution in [-0.4, -0.2) is 11.5 Å². The minimum absolute atomic E-state index is 0.0711. The van der Waals surface area contributed by atoms with Crippen LogP contribution in [-0.2, 0) is 0 Å². The maximum atomic E-state index is 6.11. The van der Waals surface area contributed by atoms with Crippen molar-refractivity contribution >= 4 is 21.7 Å². The number of nitrogens with zero attached hydrogens (tertiary/aromatic N) is 1. The van der Waals surface area contributed by atoms with Gasteiger partial charge in [0.15, 0.2) is 0 Å². The first kappa shape index (κ1) is 15.0. The number of aromatic nitrogens is 1. The number of anilines is 1. The predicted octanol–water partition coefficient (Wildman–Crippen LogP) is 3.74. The summed E-state index contributed by atoms with van der Waals surface area (Å²) in [6, 6.07) is 8.40. The molecule has 0 amide bonds. The Labute approximate surface area is 128 Å². The highest BCUT2D eigenvalue weighted by atomic mass is 79.9. The van der Waals surface area contributed by atoms with Gasteiger partial charge in [0.2, 0.25) is 0 Å². The maximum Gasteiger partial charge on any atom is 0.128 e. The molecule has 1 unspecified atom stereocenters. The third kappa shape index (κ3) is 3.02. The van der Waals surface area contributed by atoms with E-state index in [1.54, 1.807) is 6.20 Å². The molecule has 0 aliphatic carbocycles. The van der Waals surface area contributed by atoms with Crippen LogP contribution >= 0.6 is 15.9 Å². The van der Waals surface area contributed by atoms with Crippen LogP contribution in [0.5, 0.6) is 0 Å². The SMILES string of the molecule is CCNC(c1ccc(Br)cc1C)c1c(C)ccnc1N. The molecular formula is C16H20BrN3. The summed E-state index contributed by atoms with van der Waals surface area (Å²) in [4.78, 5) is 4.24. The first-order chi connectivity index (χ1) is 9.54. The van der Waals surface area contributed by atoms with Crippen molar-refractivity contribution in [1.29, 1.82) is 0 Å². The number of hydrogen-bond donors (Lipinski definition) is 2. The number of benzene rings is 1. The molecule has 0 aliphatic rings. The lowest BCUT2D eigenvalue weighted by atomic mass is 9.92. The normalized spacial score (nSPS) is 12.4. The molecule has 1 atom stereocenters. The molecule has 1 aromatic heterocycles. The lowest BCUT2D eigenvalue weighted by Gasteiger charge is -2.23. The fourth-order valence-electron chi connectivity index (χ4n) is 2.50. The summed E-state index contributed by atoms with van der Waals surface area (Å²) >= 11 is 3.51. The highest BCUT2D eigenvalue weighted by Crippen LogP contribution is 2.31. The molecule has 106 valence electrons. The van der Waals surface area contributed by atoms with Crippen LogP contribution in [0.15, 0.2) is 34.9 Å². The molecule has 1 aromatic carbocycles. The lowest BCUT2D eigenvalue weighted by Crippen LogP contribution is -2.25. The van der Waals surface area contributed by atoms with Crippen molar-refractivity contribution < 1.29 is 0 Å². The smallest absolute Gasteiger partial charge is 0.128 e. The van der Waals surface area contributed by atoms with Crippen molar-refractivity contribution in [1.82, 2.24) is 10.3 Å². The van der Waals surface area contributed by atoms with Crippen LogP contribution in [0.4, 0.5) is 5.82 Å². The maximum absolute atomic E-state index is 6.11. The minimum atomic E-state index is 0.0711. The Morgan fingerprint density at radius 1 is 1.25 bits per heavy atom. The van der Waals surface area contributed by atoms with Gasteiger partial charge in [0.25, 0.3) is 0 Å². The lowest BCUT2D eigenvalue weighted by molar-refractivity contribution is 0.624. The van der Waals surface area contributed by atoms with E-state index >= 15 is 0 Å². The minimum Gasteiger partial charge on any atom is -0.383 e. The average molecular weight is 334 g/mol. The number of nitrogens with two attached hydrogens (primary N) is 1. The number of rotatable bonds is 4. The quantitative estimate of drug-likeness (QED) is 0.895. The molecule has 0 spiro atoms. The summed E-state index contributed by atoms with van der Waals surface area (Å²) in [5.74, 6) is 0.596. The molecular weight excluding hydrogens is 314 g/mol. The van der Waals surface area contributed by atoms with E-state index in [-0.39, 0.29) is 6.04 Å². The Bertz CT molecular complexity index is 590. The number of aryl methyl sites for hydroxylation is 2. The van der Waals surface area contributed by atoms with E-state index in [1.807, 2.05) is 6.07 Å². The molecule has 0 saturated heterocycles. The number of halogens is 1. The summed E-state index contributed by atoms with van der Waals surface area (Å²) < 4.78 is 1.09. The van der Waals surface area contributed by atoms with E-state index in [2.05, 4.69) is 65.2 Å². The highest BCUT2D eigenvalue weighted by molar-refractivity contribution is 9.10. The molecule has 1 heterocycles. The number of pyridine rings is 1. The number of nitrogen functional groups attached to an aromatic ring is 1. The van der Waals surface area contributed by atoms with Crippen LogP contribution in [0.3, 0.4) is 0 Å². The Hall–Kier alpha value is -1.39. The van der Waals surface area contributed by atoms with Crippen LogP contribution in [0.2, 0.25) is 0 Å². The van der Waals surface area contributed by atoms with E-state index < -0.39 is 0 Å². The molecule has 3 nitrogen and oxygen atoms in total. The van der Waals surface area contributed by atoms with Crippen LogP contribution in [0.1, 0.15) is 35.2 Å². The standard InChI is InChI=1S/C16H20BrN3/c1-4-19-15(13-6-5-12(17)9-11(13)3)14-10(2)7-8-20-16(14)18/h5-9,15,19H,4H2,1-3H3,(H2,18,20). The van der Waals surface area contributed by atoms with E-state index in [9.17, 15) is 0 Å². The largest absolute Gasteiger partial charge is 0.383 e. The van der Waals surface area contributed by atoms with Crippen LogP contribution in [0.25, 0.3) is 0 Å². The monoisotopic (exact) mass is 333 g/mol. The summed E-state index contributed by atoms with van der Waals surface area (Å²) in [6.45, 7) is 7.16. The highest BCUT2D eigenvalue weighted by Gasteiger charge is 2.20. The fourth-order valence-corrected chi connectivity index (χ4v) is 2.98. The van der Waals surface area contributed by atoms with Gasteiger partial charge in [-0.25, -0.2) is 4.98 Å². The second-order valence-electron chi connectivity index (χ2n) is 4.92. The van der Waals surface area contributed by atoms with Crippen molar-refractivity contribution in [2.45, 2.75) is 26.8 Å². The molecule has 0 radical (unpaired) electrons. The van der Waals surface area contributed by atoms with E-state index in [0.717, 1.165) is 22.1 Å². The van der Waals surface area contributed by atoms with Gasteiger partial charge in [-0.1, -0.05) is 28.9 Å². The van der Waals surface area contributed by atoms with Crippen LogP contribution in [0, 0.1) is 13.8 Å². The first-order valence-corrected chi connectivity index (χ1v) is 7.54. The van der Waals surface area contributed by atoms with Crippen molar-refractivity contribution in [3.05, 3.63) is 57.2 Å². The van der Waals surface area contributed by atoms with Crippen LogP contribution < -0.4 is 11.1 Å². The van der Waals surface area contributed by atoms with Gasteiger partial charge in [-0.2, -0.15) is 0 Å². The van der Waals surface area contributed by atoms with Crippen molar-refractivity contribution in [2.24, 2.45) is 0 Å². The summed E-state index contributed by atoms with van der Waals surface area (Å²) in [7, 11) is 0. The average Bonchev–Trinajstić information content (AvgIpc) is 2.38. The summed E-state index contributed by atoms with van der Waals surface area (Å²) in [5.41, 5.74) is 10.8. The summed E-state index contributed by atoms with van der Waals surface area (Å²) in [6.07, 6.45) is 1.76. The molecule has 0 bridgehead atoms. The third-order valence-corrected chi connectivity index (χ3v) is 3.97. The van der Waals surface area contributed by atoms with Gasteiger partial charge in [0, 0.05) is 16.2 Å². The second kappa shape index (κ2) is 6.37. The van der Waals surface area contributed by atoms with Gasteiger partial charge < -0.3 is 11.1 Å². The van der Waals surface area contributed by atoms with Gasteiger partial charge in [-0.05, 0) is 55.3 Å². The first-order valence-electron chi connectivity index (χ1n) is 6.75. The topological polar surface area (TPSA) is 50.9 Å². The zero-order valence-corrected chi connectivity index (χ0v) is 13.7. The fraction of sp³-hybridized carbons (Fsp3) is 0.312. The predicted molar refractivity (Wildman–Crippen MR) is 87.8 cm³/mol. The van der Waals surface area contributed by atoms with Gasteiger partial charge in [0.05, 0.1) is 6.04 Å². The van der Waals surface area contributed by atoms with Gasteiger partial charge in [-0.3, -0.25) is 0 Å². The molecule has 2 aromatic rings. The Morgan fingerprint density at radius 3 is 2.60 bits per heavy atom. The van der Waals surface area contributed by atoms with Crippen molar-refractivity contribution in [2.75, 3.05) is 12.3 Å². The van der Waals surface area contributed by atoms with E-state index in [1.165, 1.54) is 11.1 Å². The zero-order chi connectivity index (χ0) is 14.7. The van der Waals surface area contributed by atoms with E-state index in [0.29, 0.717) is 5.82 Å². The molecule has 0 aliphatic heterocycles. The van der Waals surface area contributed by atoms with Crippen molar-refractivity contribution in [3.63, 3.8) is 0 Å². The summed E-state index contributed by atoms with van der Waals surface area (Å²) in [5, 5.41) is 3.52. The third-order valence-electron chi connectivity index (χ3n) is 3.48. The zero-order valence-electron chi connectivity index (χ0n) is 12.1.